The monoisotopic (exact) mass is 405 g/mol. The number of fused-ring (bicyclic) bond motifs is 1. The summed E-state index contributed by atoms with van der Waals surface area (Å²) >= 11 is 1.18. The highest BCUT2D eigenvalue weighted by Crippen LogP contribution is 2.25. The smallest absolute Gasteiger partial charge is 0.325 e. The lowest BCUT2D eigenvalue weighted by molar-refractivity contribution is -0.141. The topological polar surface area (TPSA) is 81.5 Å². The zero-order valence-electron chi connectivity index (χ0n) is 17.1. The van der Waals surface area contributed by atoms with Crippen LogP contribution in [0, 0.1) is 0 Å². The van der Waals surface area contributed by atoms with Crippen LogP contribution in [0.15, 0.2) is 34.2 Å². The molecule has 0 aliphatic rings. The molecule has 152 valence electrons. The van der Waals surface area contributed by atoms with Crippen molar-refractivity contribution in [1.29, 1.82) is 0 Å². The highest BCUT2D eigenvalue weighted by atomic mass is 32.2. The molecule has 0 aliphatic carbocycles. The van der Waals surface area contributed by atoms with Gasteiger partial charge in [0, 0.05) is 12.1 Å². The first kappa shape index (κ1) is 21.9. The van der Waals surface area contributed by atoms with E-state index in [-0.39, 0.29) is 30.1 Å². The zero-order chi connectivity index (χ0) is 21.0. The van der Waals surface area contributed by atoms with E-state index in [0.717, 1.165) is 0 Å². The number of ether oxygens (including phenoxy) is 1. The van der Waals surface area contributed by atoms with Gasteiger partial charge in [0.1, 0.15) is 6.54 Å². The van der Waals surface area contributed by atoms with E-state index < -0.39 is 11.2 Å². The summed E-state index contributed by atoms with van der Waals surface area (Å²) in [5.41, 5.74) is 0.197. The maximum Gasteiger partial charge on any atom is 0.325 e. The van der Waals surface area contributed by atoms with E-state index in [9.17, 15) is 14.4 Å². The number of hydrogen-bond acceptors (Lipinski definition) is 6. The third-order valence-corrected chi connectivity index (χ3v) is 5.42. The first-order chi connectivity index (χ1) is 13.2. The van der Waals surface area contributed by atoms with Gasteiger partial charge in [-0.25, -0.2) is 4.98 Å². The van der Waals surface area contributed by atoms with Gasteiger partial charge in [0.25, 0.3) is 5.56 Å². The van der Waals surface area contributed by atoms with E-state index in [0.29, 0.717) is 16.1 Å². The largest absolute Gasteiger partial charge is 0.468 e. The Morgan fingerprint density at radius 1 is 1.14 bits per heavy atom. The third-order valence-electron chi connectivity index (χ3n) is 4.34. The number of methoxy groups -OCH3 is 1. The van der Waals surface area contributed by atoms with Crippen LogP contribution in [0.2, 0.25) is 0 Å². The number of nitrogens with zero attached hydrogens (tertiary/aromatic N) is 3. The molecule has 8 heteroatoms. The molecule has 0 N–H and O–H groups in total. The standard InChI is InChI=1S/C20H27N3O4S/c1-12(2)23(13(3)4)18(25)14(5)28-20-21-16-10-8-7-9-15(16)19(26)22(20)11-17(24)27-6/h7-10,12-14H,11H2,1-6H3/t14-/m0/s1. The summed E-state index contributed by atoms with van der Waals surface area (Å²) < 4.78 is 5.99. The molecule has 0 saturated heterocycles. The summed E-state index contributed by atoms with van der Waals surface area (Å²) in [6.45, 7) is 9.41. The number of amides is 1. The van der Waals surface area contributed by atoms with Crippen molar-refractivity contribution in [3.63, 3.8) is 0 Å². The minimum atomic E-state index is -0.550. The fraction of sp³-hybridized carbons (Fsp3) is 0.500. The highest BCUT2D eigenvalue weighted by molar-refractivity contribution is 8.00. The van der Waals surface area contributed by atoms with Gasteiger partial charge in [-0.3, -0.25) is 19.0 Å². The normalized spacial score (nSPS) is 12.4. The van der Waals surface area contributed by atoms with E-state index in [1.807, 2.05) is 32.6 Å². The quantitative estimate of drug-likeness (QED) is 0.400. The molecule has 1 aromatic carbocycles. The SMILES string of the molecule is COC(=O)Cn1c(S[C@@H](C)C(=O)N(C(C)C)C(C)C)nc2ccccc2c1=O. The zero-order valence-corrected chi connectivity index (χ0v) is 17.9. The van der Waals surface area contributed by atoms with Crippen molar-refractivity contribution >= 4 is 34.5 Å². The number of carbonyl (C=O) groups excluding carboxylic acids is 2. The average Bonchev–Trinajstić information content (AvgIpc) is 2.63. The van der Waals surface area contributed by atoms with Crippen molar-refractivity contribution in [3.05, 3.63) is 34.6 Å². The second-order valence-electron chi connectivity index (χ2n) is 7.07. The summed E-state index contributed by atoms with van der Waals surface area (Å²) in [5.74, 6) is -0.590. The molecule has 0 saturated carbocycles. The van der Waals surface area contributed by atoms with Gasteiger partial charge in [0.15, 0.2) is 5.16 Å². The average molecular weight is 406 g/mol. The maximum absolute atomic E-state index is 13.0. The molecular weight excluding hydrogens is 378 g/mol. The van der Waals surface area contributed by atoms with Crippen molar-refractivity contribution in [3.8, 4) is 0 Å². The van der Waals surface area contributed by atoms with Gasteiger partial charge in [-0.1, -0.05) is 23.9 Å². The summed E-state index contributed by atoms with van der Waals surface area (Å²) in [5, 5.41) is 0.268. The summed E-state index contributed by atoms with van der Waals surface area (Å²) in [7, 11) is 1.27. The third kappa shape index (κ3) is 4.73. The van der Waals surface area contributed by atoms with Crippen molar-refractivity contribution in [2.45, 2.75) is 63.7 Å². The lowest BCUT2D eigenvalue weighted by Gasteiger charge is -2.33. The Kier molecular flexibility index (Phi) is 7.23. The number of rotatable bonds is 7. The van der Waals surface area contributed by atoms with Crippen molar-refractivity contribution < 1.29 is 14.3 Å². The number of para-hydroxylation sites is 1. The van der Waals surface area contributed by atoms with Gasteiger partial charge in [-0.15, -0.1) is 0 Å². The first-order valence-electron chi connectivity index (χ1n) is 9.22. The van der Waals surface area contributed by atoms with Crippen LogP contribution in [0.3, 0.4) is 0 Å². The van der Waals surface area contributed by atoms with Gasteiger partial charge >= 0.3 is 5.97 Å². The fourth-order valence-corrected chi connectivity index (χ4v) is 4.06. The maximum atomic E-state index is 13.0. The molecule has 28 heavy (non-hydrogen) atoms. The minimum absolute atomic E-state index is 0.0398. The summed E-state index contributed by atoms with van der Waals surface area (Å²) in [6, 6.07) is 7.05. The number of thioether (sulfide) groups is 1. The molecule has 0 fully saturated rings. The number of aromatic nitrogens is 2. The number of benzene rings is 1. The first-order valence-corrected chi connectivity index (χ1v) is 10.1. The molecule has 2 aromatic rings. The Balaban J connectivity index is 2.47. The fourth-order valence-electron chi connectivity index (χ4n) is 3.09. The van der Waals surface area contributed by atoms with E-state index in [1.165, 1.54) is 23.4 Å². The Labute approximate surface area is 169 Å². The lowest BCUT2D eigenvalue weighted by atomic mass is 10.2. The Morgan fingerprint density at radius 3 is 2.32 bits per heavy atom. The van der Waals surface area contributed by atoms with E-state index in [1.54, 1.807) is 31.2 Å². The summed E-state index contributed by atoms with van der Waals surface area (Å²) in [6.07, 6.45) is 0. The van der Waals surface area contributed by atoms with Crippen LogP contribution >= 0.6 is 11.8 Å². The lowest BCUT2D eigenvalue weighted by Crippen LogP contribution is -2.45. The van der Waals surface area contributed by atoms with Crippen LogP contribution in [-0.2, 0) is 20.9 Å². The van der Waals surface area contributed by atoms with Crippen LogP contribution < -0.4 is 5.56 Å². The number of hydrogen-bond donors (Lipinski definition) is 0. The molecule has 0 radical (unpaired) electrons. The second-order valence-corrected chi connectivity index (χ2v) is 8.38. The number of carbonyl (C=O) groups is 2. The Bertz CT molecular complexity index is 915. The van der Waals surface area contributed by atoms with Gasteiger partial charge in [-0.05, 0) is 46.8 Å². The van der Waals surface area contributed by atoms with E-state index in [2.05, 4.69) is 4.98 Å². The number of esters is 1. The molecule has 7 nitrogen and oxygen atoms in total. The predicted octanol–water partition coefficient (Wildman–Crippen LogP) is 2.70. The van der Waals surface area contributed by atoms with Crippen molar-refractivity contribution in [2.24, 2.45) is 0 Å². The molecule has 0 bridgehead atoms. The molecule has 2 rings (SSSR count). The Morgan fingerprint density at radius 2 is 1.75 bits per heavy atom. The van der Waals surface area contributed by atoms with Crippen LogP contribution in [0.25, 0.3) is 10.9 Å². The molecule has 0 unspecified atom stereocenters. The van der Waals surface area contributed by atoms with Crippen molar-refractivity contribution in [2.75, 3.05) is 7.11 Å². The predicted molar refractivity (Wildman–Crippen MR) is 110 cm³/mol. The molecule has 1 amide bonds. The minimum Gasteiger partial charge on any atom is -0.468 e. The highest BCUT2D eigenvalue weighted by Gasteiger charge is 2.27. The van der Waals surface area contributed by atoms with Gasteiger partial charge in [-0.2, -0.15) is 0 Å². The van der Waals surface area contributed by atoms with Gasteiger partial charge in [0.05, 0.1) is 23.3 Å². The molecule has 1 aromatic heterocycles. The second kappa shape index (κ2) is 9.23. The summed E-state index contributed by atoms with van der Waals surface area (Å²) in [4.78, 5) is 44.1. The van der Waals surface area contributed by atoms with Gasteiger partial charge in [0.2, 0.25) is 5.91 Å². The van der Waals surface area contributed by atoms with Crippen LogP contribution in [-0.4, -0.2) is 50.8 Å². The molecule has 0 spiro atoms. The molecule has 1 atom stereocenters. The van der Waals surface area contributed by atoms with Crippen LogP contribution in [0.5, 0.6) is 0 Å². The van der Waals surface area contributed by atoms with E-state index in [4.69, 9.17) is 4.74 Å². The van der Waals surface area contributed by atoms with Gasteiger partial charge < -0.3 is 9.64 Å². The van der Waals surface area contributed by atoms with Crippen LogP contribution in [0.1, 0.15) is 34.6 Å². The van der Waals surface area contributed by atoms with Crippen LogP contribution in [0.4, 0.5) is 0 Å². The Hall–Kier alpha value is -2.35. The molecule has 1 heterocycles. The van der Waals surface area contributed by atoms with Crippen molar-refractivity contribution in [1.82, 2.24) is 14.5 Å². The van der Waals surface area contributed by atoms with E-state index >= 15 is 0 Å². The molecule has 0 aliphatic heterocycles. The molecular formula is C20H27N3O4S.